The van der Waals surface area contributed by atoms with Crippen molar-refractivity contribution in [1.29, 1.82) is 0 Å². The summed E-state index contributed by atoms with van der Waals surface area (Å²) in [4.78, 5) is 0. The van der Waals surface area contributed by atoms with Crippen LogP contribution in [0.3, 0.4) is 0 Å². The number of ether oxygens (including phenoxy) is 2. The fourth-order valence-corrected chi connectivity index (χ4v) is 2.33. The number of rotatable bonds is 6. The molecule has 0 aliphatic carbocycles. The van der Waals surface area contributed by atoms with Gasteiger partial charge < -0.3 is 9.47 Å². The van der Waals surface area contributed by atoms with Gasteiger partial charge in [-0.05, 0) is 30.7 Å². The maximum absolute atomic E-state index is 6.12. The Morgan fingerprint density at radius 3 is 2.35 bits per heavy atom. The van der Waals surface area contributed by atoms with Gasteiger partial charge in [-0.1, -0.05) is 36.7 Å². The zero-order valence-electron chi connectivity index (χ0n) is 11.2. The van der Waals surface area contributed by atoms with Gasteiger partial charge in [0.1, 0.15) is 5.75 Å². The molecule has 2 rings (SSSR count). The number of para-hydroxylation sites is 2. The highest BCUT2D eigenvalue weighted by molar-refractivity contribution is 6.32. The first kappa shape index (κ1) is 15.0. The number of hydrogen-bond donors (Lipinski definition) is 0. The lowest BCUT2D eigenvalue weighted by molar-refractivity contribution is 0.302. The van der Waals surface area contributed by atoms with Crippen LogP contribution in [0.15, 0.2) is 42.5 Å². The first-order valence-electron chi connectivity index (χ1n) is 6.49. The fourth-order valence-electron chi connectivity index (χ4n) is 1.75. The Morgan fingerprint density at radius 1 is 0.950 bits per heavy atom. The SMILES string of the molecule is CCCOc1ccccc1Oc1cccc(Cl)c1CCl. The van der Waals surface area contributed by atoms with Gasteiger partial charge in [-0.3, -0.25) is 0 Å². The first-order valence-corrected chi connectivity index (χ1v) is 7.40. The Bertz CT molecular complexity index is 570. The van der Waals surface area contributed by atoms with E-state index < -0.39 is 0 Å². The van der Waals surface area contributed by atoms with Gasteiger partial charge in [0.25, 0.3) is 0 Å². The molecule has 0 bridgehead atoms. The van der Waals surface area contributed by atoms with Crippen LogP contribution in [0.5, 0.6) is 17.2 Å². The molecule has 0 radical (unpaired) electrons. The van der Waals surface area contributed by atoms with E-state index >= 15 is 0 Å². The Kier molecular flexibility index (Phi) is 5.57. The number of hydrogen-bond acceptors (Lipinski definition) is 2. The summed E-state index contributed by atoms with van der Waals surface area (Å²) in [7, 11) is 0. The second-order valence-electron chi connectivity index (χ2n) is 4.25. The maximum atomic E-state index is 6.12. The van der Waals surface area contributed by atoms with Gasteiger partial charge in [0.15, 0.2) is 11.5 Å². The van der Waals surface area contributed by atoms with Gasteiger partial charge in [-0.25, -0.2) is 0 Å². The monoisotopic (exact) mass is 310 g/mol. The van der Waals surface area contributed by atoms with E-state index in [4.69, 9.17) is 32.7 Å². The molecule has 20 heavy (non-hydrogen) atoms. The van der Waals surface area contributed by atoms with Gasteiger partial charge >= 0.3 is 0 Å². The molecular formula is C16H16Cl2O2. The Hall–Kier alpha value is -1.38. The van der Waals surface area contributed by atoms with Gasteiger partial charge in [0.2, 0.25) is 0 Å². The van der Waals surface area contributed by atoms with E-state index in [-0.39, 0.29) is 0 Å². The van der Waals surface area contributed by atoms with Crippen molar-refractivity contribution in [3.8, 4) is 17.2 Å². The van der Waals surface area contributed by atoms with Gasteiger partial charge in [-0.2, -0.15) is 0 Å². The summed E-state index contributed by atoms with van der Waals surface area (Å²) >= 11 is 12.1. The van der Waals surface area contributed by atoms with Crippen molar-refractivity contribution >= 4 is 23.2 Å². The molecule has 0 unspecified atom stereocenters. The number of benzene rings is 2. The van der Waals surface area contributed by atoms with Gasteiger partial charge in [-0.15, -0.1) is 11.6 Å². The standard InChI is InChI=1S/C16H16Cl2O2/c1-2-10-19-15-7-3-4-8-16(15)20-14-9-5-6-13(18)12(14)11-17/h3-9H,2,10-11H2,1H3. The van der Waals surface area contributed by atoms with Crippen molar-refractivity contribution in [2.45, 2.75) is 19.2 Å². The largest absolute Gasteiger partial charge is 0.490 e. The summed E-state index contributed by atoms with van der Waals surface area (Å²) in [5, 5.41) is 0.601. The highest BCUT2D eigenvalue weighted by atomic mass is 35.5. The van der Waals surface area contributed by atoms with Crippen LogP contribution in [0.25, 0.3) is 0 Å². The molecule has 0 atom stereocenters. The molecule has 106 valence electrons. The molecule has 0 N–H and O–H groups in total. The van der Waals surface area contributed by atoms with Crippen molar-refractivity contribution in [3.63, 3.8) is 0 Å². The van der Waals surface area contributed by atoms with E-state index in [1.807, 2.05) is 36.4 Å². The Balaban J connectivity index is 2.28. The van der Waals surface area contributed by atoms with Crippen LogP contribution in [-0.2, 0) is 5.88 Å². The molecule has 2 nitrogen and oxygen atoms in total. The number of alkyl halides is 1. The van der Waals surface area contributed by atoms with Crippen molar-refractivity contribution in [3.05, 3.63) is 53.1 Å². The molecule has 0 heterocycles. The van der Waals surface area contributed by atoms with E-state index in [0.717, 1.165) is 17.7 Å². The lowest BCUT2D eigenvalue weighted by Gasteiger charge is -2.14. The van der Waals surface area contributed by atoms with Crippen molar-refractivity contribution < 1.29 is 9.47 Å². The van der Waals surface area contributed by atoms with Crippen LogP contribution in [0.1, 0.15) is 18.9 Å². The van der Waals surface area contributed by atoms with E-state index in [1.165, 1.54) is 0 Å². The van der Waals surface area contributed by atoms with Crippen LogP contribution in [0, 0.1) is 0 Å². The molecule has 2 aromatic carbocycles. The smallest absolute Gasteiger partial charge is 0.169 e. The summed E-state index contributed by atoms with van der Waals surface area (Å²) in [6, 6.07) is 13.0. The van der Waals surface area contributed by atoms with Crippen molar-refractivity contribution in [2.75, 3.05) is 6.61 Å². The molecule has 0 spiro atoms. The van der Waals surface area contributed by atoms with E-state index in [2.05, 4.69) is 6.92 Å². The summed E-state index contributed by atoms with van der Waals surface area (Å²) in [5.41, 5.74) is 0.779. The Morgan fingerprint density at radius 2 is 1.65 bits per heavy atom. The van der Waals surface area contributed by atoms with Crippen LogP contribution < -0.4 is 9.47 Å². The van der Waals surface area contributed by atoms with Gasteiger partial charge in [0.05, 0.1) is 12.5 Å². The zero-order valence-corrected chi connectivity index (χ0v) is 12.7. The molecule has 0 aromatic heterocycles. The topological polar surface area (TPSA) is 18.5 Å². The second-order valence-corrected chi connectivity index (χ2v) is 4.92. The minimum absolute atomic E-state index is 0.299. The third kappa shape index (κ3) is 3.59. The van der Waals surface area contributed by atoms with Crippen LogP contribution in [0.2, 0.25) is 5.02 Å². The average molecular weight is 311 g/mol. The lowest BCUT2D eigenvalue weighted by atomic mass is 10.2. The van der Waals surface area contributed by atoms with E-state index in [9.17, 15) is 0 Å². The number of halogens is 2. The molecular weight excluding hydrogens is 295 g/mol. The normalized spacial score (nSPS) is 10.3. The first-order chi connectivity index (χ1) is 9.76. The lowest BCUT2D eigenvalue weighted by Crippen LogP contribution is -1.98. The van der Waals surface area contributed by atoms with Crippen LogP contribution >= 0.6 is 23.2 Å². The molecule has 0 aliphatic heterocycles. The van der Waals surface area contributed by atoms with E-state index in [0.29, 0.717) is 29.0 Å². The molecule has 0 fully saturated rings. The molecule has 0 amide bonds. The summed E-state index contributed by atoms with van der Waals surface area (Å²) < 4.78 is 11.6. The molecule has 0 saturated heterocycles. The quantitative estimate of drug-likeness (QED) is 0.641. The highest BCUT2D eigenvalue weighted by Gasteiger charge is 2.11. The predicted molar refractivity (Wildman–Crippen MR) is 83.3 cm³/mol. The minimum Gasteiger partial charge on any atom is -0.490 e. The van der Waals surface area contributed by atoms with Gasteiger partial charge in [0, 0.05) is 10.6 Å². The van der Waals surface area contributed by atoms with Crippen LogP contribution in [-0.4, -0.2) is 6.61 Å². The second kappa shape index (κ2) is 7.41. The average Bonchev–Trinajstić information content (AvgIpc) is 2.47. The molecule has 0 aliphatic rings. The minimum atomic E-state index is 0.299. The maximum Gasteiger partial charge on any atom is 0.169 e. The zero-order chi connectivity index (χ0) is 14.4. The highest BCUT2D eigenvalue weighted by Crippen LogP contribution is 2.35. The fraction of sp³-hybridized carbons (Fsp3) is 0.250. The summed E-state index contributed by atoms with van der Waals surface area (Å²) in [6.07, 6.45) is 0.943. The molecule has 4 heteroatoms. The van der Waals surface area contributed by atoms with Crippen molar-refractivity contribution in [2.24, 2.45) is 0 Å². The Labute approximate surface area is 129 Å². The molecule has 0 saturated carbocycles. The third-order valence-electron chi connectivity index (χ3n) is 2.74. The van der Waals surface area contributed by atoms with E-state index in [1.54, 1.807) is 6.07 Å². The predicted octanol–water partition coefficient (Wildman–Crippen LogP) is 5.66. The molecule has 2 aromatic rings. The summed E-state index contributed by atoms with van der Waals surface area (Å²) in [6.45, 7) is 2.71. The third-order valence-corrected chi connectivity index (χ3v) is 3.36. The van der Waals surface area contributed by atoms with Crippen molar-refractivity contribution in [1.82, 2.24) is 0 Å². The summed E-state index contributed by atoms with van der Waals surface area (Å²) in [5.74, 6) is 2.33. The van der Waals surface area contributed by atoms with Crippen LogP contribution in [0.4, 0.5) is 0 Å².